The molecule has 0 radical (unpaired) electrons. The lowest BCUT2D eigenvalue weighted by molar-refractivity contribution is -0.645. The quantitative estimate of drug-likeness (QED) is 0.478. The SMILES string of the molecule is [O-][n+]1ccccc1SCc1cccc(F)c1F. The van der Waals surface area contributed by atoms with Crippen molar-refractivity contribution < 1.29 is 13.5 Å². The van der Waals surface area contributed by atoms with Crippen molar-refractivity contribution in [3.05, 3.63) is 65.0 Å². The monoisotopic (exact) mass is 253 g/mol. The Bertz CT molecular complexity index is 534. The Hall–Kier alpha value is -1.62. The number of hydrogen-bond donors (Lipinski definition) is 0. The Balaban J connectivity index is 2.13. The predicted octanol–water partition coefficient (Wildman–Crippen LogP) is 2.89. The Morgan fingerprint density at radius 1 is 1.12 bits per heavy atom. The molecule has 5 heteroatoms. The highest BCUT2D eigenvalue weighted by molar-refractivity contribution is 7.98. The molecule has 1 heterocycles. The van der Waals surface area contributed by atoms with Crippen LogP contribution in [0.5, 0.6) is 0 Å². The molecule has 2 aromatic rings. The molecule has 0 atom stereocenters. The summed E-state index contributed by atoms with van der Waals surface area (Å²) in [5.74, 6) is -1.50. The third kappa shape index (κ3) is 2.74. The molecule has 0 amide bonds. The highest BCUT2D eigenvalue weighted by Gasteiger charge is 2.10. The van der Waals surface area contributed by atoms with Crippen LogP contribution >= 0.6 is 11.8 Å². The first-order valence-electron chi connectivity index (χ1n) is 4.92. The average Bonchev–Trinajstić information content (AvgIpc) is 2.33. The molecule has 0 aliphatic rings. The maximum Gasteiger partial charge on any atom is 0.251 e. The number of hydrogen-bond acceptors (Lipinski definition) is 2. The molecular weight excluding hydrogens is 244 g/mol. The molecule has 1 aromatic heterocycles. The van der Waals surface area contributed by atoms with Gasteiger partial charge in [0.1, 0.15) is 0 Å². The first-order chi connectivity index (χ1) is 8.18. The van der Waals surface area contributed by atoms with Crippen LogP contribution in [0.4, 0.5) is 8.78 Å². The average molecular weight is 253 g/mol. The van der Waals surface area contributed by atoms with Crippen LogP contribution in [-0.2, 0) is 5.75 Å². The molecule has 0 unspecified atom stereocenters. The molecule has 0 saturated carbocycles. The number of pyridine rings is 1. The van der Waals surface area contributed by atoms with Gasteiger partial charge in [-0.25, -0.2) is 8.78 Å². The summed E-state index contributed by atoms with van der Waals surface area (Å²) in [5, 5.41) is 11.8. The van der Waals surface area contributed by atoms with Crippen molar-refractivity contribution in [1.82, 2.24) is 0 Å². The Kier molecular flexibility index (Phi) is 3.58. The van der Waals surface area contributed by atoms with E-state index >= 15 is 0 Å². The molecule has 0 spiro atoms. The second-order valence-corrected chi connectivity index (χ2v) is 4.36. The summed E-state index contributed by atoms with van der Waals surface area (Å²) in [6.45, 7) is 0. The molecule has 0 N–H and O–H groups in total. The van der Waals surface area contributed by atoms with Gasteiger partial charge in [-0.1, -0.05) is 23.9 Å². The molecule has 17 heavy (non-hydrogen) atoms. The summed E-state index contributed by atoms with van der Waals surface area (Å²) in [6.07, 6.45) is 1.37. The van der Waals surface area contributed by atoms with Crippen LogP contribution in [-0.4, -0.2) is 0 Å². The Morgan fingerprint density at radius 3 is 2.71 bits per heavy atom. The Morgan fingerprint density at radius 2 is 1.94 bits per heavy atom. The van der Waals surface area contributed by atoms with E-state index in [1.165, 1.54) is 30.1 Å². The van der Waals surface area contributed by atoms with E-state index in [9.17, 15) is 14.0 Å². The zero-order valence-electron chi connectivity index (χ0n) is 8.77. The number of thioether (sulfide) groups is 1. The third-order valence-corrected chi connectivity index (χ3v) is 3.26. The summed E-state index contributed by atoms with van der Waals surface area (Å²) in [6, 6.07) is 8.99. The van der Waals surface area contributed by atoms with E-state index in [0.29, 0.717) is 9.76 Å². The second-order valence-electron chi connectivity index (χ2n) is 3.37. The first-order valence-corrected chi connectivity index (χ1v) is 5.91. The fourth-order valence-electron chi connectivity index (χ4n) is 1.34. The number of aromatic nitrogens is 1. The van der Waals surface area contributed by atoms with Crippen LogP contribution in [0.2, 0.25) is 0 Å². The Labute approximate surface area is 101 Å². The maximum absolute atomic E-state index is 13.3. The predicted molar refractivity (Wildman–Crippen MR) is 61.3 cm³/mol. The van der Waals surface area contributed by atoms with Gasteiger partial charge in [0.25, 0.3) is 5.03 Å². The van der Waals surface area contributed by atoms with Crippen LogP contribution in [0, 0.1) is 16.8 Å². The van der Waals surface area contributed by atoms with E-state index in [1.54, 1.807) is 18.2 Å². The molecule has 1 aromatic carbocycles. The smallest absolute Gasteiger partial charge is 0.251 e. The molecule has 2 nitrogen and oxygen atoms in total. The van der Waals surface area contributed by atoms with Gasteiger partial charge in [-0.3, -0.25) is 0 Å². The van der Waals surface area contributed by atoms with E-state index in [-0.39, 0.29) is 11.3 Å². The van der Waals surface area contributed by atoms with Crippen molar-refractivity contribution in [2.45, 2.75) is 10.8 Å². The molecule has 0 saturated heterocycles. The van der Waals surface area contributed by atoms with Crippen molar-refractivity contribution in [1.29, 1.82) is 0 Å². The van der Waals surface area contributed by atoms with Crippen molar-refractivity contribution in [2.75, 3.05) is 0 Å². The molecule has 0 fully saturated rings. The maximum atomic E-state index is 13.3. The lowest BCUT2D eigenvalue weighted by Crippen LogP contribution is -2.27. The molecule has 0 aliphatic carbocycles. The highest BCUT2D eigenvalue weighted by Crippen LogP contribution is 2.22. The molecule has 88 valence electrons. The van der Waals surface area contributed by atoms with Crippen LogP contribution < -0.4 is 4.73 Å². The summed E-state index contributed by atoms with van der Waals surface area (Å²) in [5.41, 5.74) is 0.249. The van der Waals surface area contributed by atoms with Crippen LogP contribution in [0.15, 0.2) is 47.6 Å². The van der Waals surface area contributed by atoms with Gasteiger partial charge in [-0.05, 0) is 12.1 Å². The van der Waals surface area contributed by atoms with Crippen LogP contribution in [0.25, 0.3) is 0 Å². The van der Waals surface area contributed by atoms with E-state index in [0.717, 1.165) is 6.07 Å². The minimum atomic E-state index is -0.869. The fraction of sp³-hybridized carbons (Fsp3) is 0.0833. The molecular formula is C12H9F2NOS. The summed E-state index contributed by atoms with van der Waals surface area (Å²) in [4.78, 5) is 0. The third-order valence-electron chi connectivity index (χ3n) is 2.20. The summed E-state index contributed by atoms with van der Waals surface area (Å²) in [7, 11) is 0. The second kappa shape index (κ2) is 5.14. The highest BCUT2D eigenvalue weighted by atomic mass is 32.2. The fourth-order valence-corrected chi connectivity index (χ4v) is 2.23. The van der Waals surface area contributed by atoms with E-state index in [4.69, 9.17) is 0 Å². The number of rotatable bonds is 3. The summed E-state index contributed by atoms with van der Waals surface area (Å²) < 4.78 is 27.0. The first kappa shape index (κ1) is 11.9. The van der Waals surface area contributed by atoms with Crippen molar-refractivity contribution in [2.24, 2.45) is 0 Å². The standard InChI is InChI=1S/C12H9F2NOS/c13-10-5-3-4-9(12(10)14)8-17-11-6-1-2-7-15(11)16/h1-7H,8H2. The topological polar surface area (TPSA) is 26.9 Å². The van der Waals surface area contributed by atoms with E-state index in [1.807, 2.05) is 0 Å². The molecule has 0 bridgehead atoms. The minimum Gasteiger partial charge on any atom is -0.618 e. The zero-order valence-corrected chi connectivity index (χ0v) is 9.58. The van der Waals surface area contributed by atoms with Gasteiger partial charge in [0, 0.05) is 23.4 Å². The molecule has 2 rings (SSSR count). The van der Waals surface area contributed by atoms with Gasteiger partial charge >= 0.3 is 0 Å². The number of benzene rings is 1. The number of halogens is 2. The minimum absolute atomic E-state index is 0.218. The molecule has 0 aliphatic heterocycles. The van der Waals surface area contributed by atoms with E-state index < -0.39 is 11.6 Å². The van der Waals surface area contributed by atoms with Gasteiger partial charge in [0.15, 0.2) is 17.8 Å². The summed E-state index contributed by atoms with van der Waals surface area (Å²) >= 11 is 1.17. The van der Waals surface area contributed by atoms with Crippen LogP contribution in [0.3, 0.4) is 0 Å². The van der Waals surface area contributed by atoms with Crippen molar-refractivity contribution in [3.8, 4) is 0 Å². The van der Waals surface area contributed by atoms with E-state index in [2.05, 4.69) is 0 Å². The largest absolute Gasteiger partial charge is 0.618 e. The lowest BCUT2D eigenvalue weighted by Gasteiger charge is -2.04. The van der Waals surface area contributed by atoms with Crippen molar-refractivity contribution >= 4 is 11.8 Å². The van der Waals surface area contributed by atoms with Crippen LogP contribution in [0.1, 0.15) is 5.56 Å². The van der Waals surface area contributed by atoms with Gasteiger partial charge < -0.3 is 5.21 Å². The lowest BCUT2D eigenvalue weighted by atomic mass is 10.2. The van der Waals surface area contributed by atoms with Gasteiger partial charge in [0.2, 0.25) is 0 Å². The van der Waals surface area contributed by atoms with Crippen molar-refractivity contribution in [3.63, 3.8) is 0 Å². The van der Waals surface area contributed by atoms with Gasteiger partial charge in [0.05, 0.1) is 0 Å². The normalized spacial score (nSPS) is 10.5. The number of nitrogens with zero attached hydrogens (tertiary/aromatic N) is 1. The van der Waals surface area contributed by atoms with Gasteiger partial charge in [-0.2, -0.15) is 4.73 Å². The van der Waals surface area contributed by atoms with Gasteiger partial charge in [-0.15, -0.1) is 0 Å². The zero-order chi connectivity index (χ0) is 12.3.